The normalized spacial score (nSPS) is 13.1. The van der Waals surface area contributed by atoms with E-state index in [2.05, 4.69) is 18.0 Å². The zero-order valence-corrected chi connectivity index (χ0v) is 30.1. The Kier molecular flexibility index (Phi) is 16.3. The number of rotatable bonds is 20. The van der Waals surface area contributed by atoms with Crippen molar-refractivity contribution in [1.82, 2.24) is 0 Å². The molecule has 0 spiro atoms. The van der Waals surface area contributed by atoms with Crippen LogP contribution < -0.4 is 9.47 Å². The lowest BCUT2D eigenvalue weighted by Crippen LogP contribution is -2.28. The molecule has 0 N–H and O–H groups in total. The Morgan fingerprint density at radius 3 is 1.78 bits per heavy atom. The summed E-state index contributed by atoms with van der Waals surface area (Å²) in [5.41, 5.74) is -0.423. The second kappa shape index (κ2) is 19.6. The first-order valence-corrected chi connectivity index (χ1v) is 17.0. The number of nitriles is 1. The molecular weight excluding hydrogens is 673 g/mol. The van der Waals surface area contributed by atoms with E-state index in [4.69, 9.17) is 35.0 Å². The lowest BCUT2D eigenvalue weighted by molar-refractivity contribution is -0.152. The Morgan fingerprint density at radius 1 is 0.837 bits per heavy atom. The van der Waals surface area contributed by atoms with Gasteiger partial charge in [0.05, 0.1) is 66.3 Å². The van der Waals surface area contributed by atoms with E-state index in [0.29, 0.717) is 38.4 Å². The van der Waals surface area contributed by atoms with Crippen molar-refractivity contribution in [3.8, 4) is 17.6 Å². The van der Waals surface area contributed by atoms with Crippen molar-refractivity contribution in [1.29, 1.82) is 5.26 Å². The van der Waals surface area contributed by atoms with Gasteiger partial charge in [0.25, 0.3) is 5.70 Å². The average molecular weight is 715 g/mol. The van der Waals surface area contributed by atoms with Gasteiger partial charge in [-0.05, 0) is 31.4 Å². The molecule has 264 valence electrons. The summed E-state index contributed by atoms with van der Waals surface area (Å²) in [5, 5.41) is 9.48. The molecule has 0 atom stereocenters. The highest BCUT2D eigenvalue weighted by Crippen LogP contribution is 2.59. The molecule has 1 aromatic carbocycles. The third kappa shape index (κ3) is 13.9. The second-order valence-corrected chi connectivity index (χ2v) is 14.7. The quantitative estimate of drug-likeness (QED) is 0.0351. The highest BCUT2D eigenvalue weighted by molar-refractivity contribution is 8.24. The van der Waals surface area contributed by atoms with Crippen molar-refractivity contribution in [3.63, 3.8) is 0 Å². The van der Waals surface area contributed by atoms with Crippen LogP contribution in [0.2, 0.25) is 0 Å². The van der Waals surface area contributed by atoms with E-state index in [1.807, 2.05) is 40.7 Å². The van der Waals surface area contributed by atoms with Gasteiger partial charge < -0.3 is 28.4 Å². The molecule has 1 heterocycles. The number of allylic oxidation sites excluding steroid dienone is 1. The first-order valence-electron chi connectivity index (χ1n) is 15.4. The first-order chi connectivity index (χ1) is 23.1. The van der Waals surface area contributed by atoms with Gasteiger partial charge in [-0.1, -0.05) is 64.4 Å². The van der Waals surface area contributed by atoms with Gasteiger partial charge in [0.15, 0.2) is 0 Å². The number of carbonyl (C=O) groups excluding carboxylic acids is 4. The summed E-state index contributed by atoms with van der Waals surface area (Å²) < 4.78 is 33.5. The summed E-state index contributed by atoms with van der Waals surface area (Å²) in [5.74, 6) is -0.833. The van der Waals surface area contributed by atoms with Crippen LogP contribution in [-0.2, 0) is 38.1 Å². The van der Waals surface area contributed by atoms with Gasteiger partial charge in [-0.2, -0.15) is 0 Å². The lowest BCUT2D eigenvalue weighted by Gasteiger charge is -2.23. The minimum atomic E-state index is -0.564. The molecule has 1 aliphatic rings. The summed E-state index contributed by atoms with van der Waals surface area (Å²) in [4.78, 5) is 52.0. The minimum absolute atomic E-state index is 0.0457. The first kappa shape index (κ1) is 40.8. The van der Waals surface area contributed by atoms with Crippen LogP contribution in [0, 0.1) is 35.7 Å². The molecule has 2 rings (SSSR count). The number of esters is 4. The van der Waals surface area contributed by atoms with E-state index in [1.165, 1.54) is 23.5 Å². The molecule has 0 saturated carbocycles. The van der Waals surface area contributed by atoms with Crippen LogP contribution in [0.1, 0.15) is 58.9 Å². The van der Waals surface area contributed by atoms with Crippen molar-refractivity contribution in [2.24, 2.45) is 10.8 Å². The third-order valence-corrected chi connectivity index (χ3v) is 9.08. The summed E-state index contributed by atoms with van der Waals surface area (Å²) in [7, 11) is 0. The van der Waals surface area contributed by atoms with Gasteiger partial charge in [-0.3, -0.25) is 9.59 Å². The molecule has 0 amide bonds. The highest BCUT2D eigenvalue weighted by Gasteiger charge is 2.30. The van der Waals surface area contributed by atoms with E-state index in [1.54, 1.807) is 6.07 Å². The molecule has 0 unspecified atom stereocenters. The summed E-state index contributed by atoms with van der Waals surface area (Å²) >= 11 is 2.49. The Balaban J connectivity index is 1.97. The van der Waals surface area contributed by atoms with Crippen molar-refractivity contribution in [2.45, 2.75) is 70.1 Å². The molecule has 0 bridgehead atoms. The van der Waals surface area contributed by atoms with Crippen LogP contribution in [0.5, 0.6) is 11.5 Å². The van der Waals surface area contributed by atoms with Gasteiger partial charge in [0.2, 0.25) is 0 Å². The SMILES string of the molecule is [C-]#[N+]/C(C#N)=C1\Sc2c(OCCCC(=O)OCC(C)(C)COC(=O)C=C)cc(C)c(OCCCC(=O)OCC(C)(C)COC(=O)C=C)c2S1. The van der Waals surface area contributed by atoms with Gasteiger partial charge in [0, 0.05) is 35.8 Å². The number of hydrogen-bond donors (Lipinski definition) is 0. The number of thioether (sulfide) groups is 2. The van der Waals surface area contributed by atoms with Gasteiger partial charge in [-0.25, -0.2) is 19.7 Å². The molecule has 12 nitrogen and oxygen atoms in total. The van der Waals surface area contributed by atoms with E-state index in [9.17, 15) is 24.4 Å². The summed E-state index contributed by atoms with van der Waals surface area (Å²) in [6.45, 7) is 23.9. The van der Waals surface area contributed by atoms with E-state index in [-0.39, 0.29) is 58.2 Å². The summed E-state index contributed by atoms with van der Waals surface area (Å²) in [6.07, 6.45) is 3.10. The predicted molar refractivity (Wildman–Crippen MR) is 183 cm³/mol. The van der Waals surface area contributed by atoms with E-state index < -0.39 is 34.7 Å². The number of hydrogen-bond acceptors (Lipinski definition) is 13. The minimum Gasteiger partial charge on any atom is -0.492 e. The molecule has 0 aromatic heterocycles. The fraction of sp³-hybridized carbons (Fsp3) is 0.486. The standard InChI is InChI=1S/C35H42N2O10S2/c1-9-26(38)44-19-34(4,5)21-46-28(40)13-11-15-42-25-17-23(3)30(32-31(25)48-33(49-32)24(18-36)37-8)43-16-12-14-29(41)47-22-35(6,7)20-45-27(39)10-2/h9-10,17H,1-2,11-16,19-22H2,3-7H3/b33-24+. The van der Waals surface area contributed by atoms with Gasteiger partial charge >= 0.3 is 23.9 Å². The molecular formula is C35H42N2O10S2. The number of benzene rings is 1. The number of nitrogens with zero attached hydrogens (tertiary/aromatic N) is 2. The second-order valence-electron chi connectivity index (χ2n) is 12.4. The van der Waals surface area contributed by atoms with Gasteiger partial charge in [-0.15, -0.1) is 0 Å². The van der Waals surface area contributed by atoms with Crippen LogP contribution in [0.15, 0.2) is 51.1 Å². The summed E-state index contributed by atoms with van der Waals surface area (Å²) in [6, 6.07) is 3.73. The van der Waals surface area contributed by atoms with Crippen molar-refractivity contribution >= 4 is 47.4 Å². The molecule has 0 aliphatic carbocycles. The molecule has 1 aliphatic heterocycles. The maximum atomic E-state index is 12.3. The molecule has 0 radical (unpaired) electrons. The maximum absolute atomic E-state index is 12.3. The number of aryl methyl sites for hydroxylation is 1. The Hall–Kier alpha value is -4.40. The van der Waals surface area contributed by atoms with Crippen LogP contribution in [-0.4, -0.2) is 63.5 Å². The number of ether oxygens (including phenoxy) is 6. The Bertz CT molecular complexity index is 1520. The Morgan fingerprint density at radius 2 is 1.31 bits per heavy atom. The molecule has 0 saturated heterocycles. The third-order valence-electron chi connectivity index (χ3n) is 6.49. The van der Waals surface area contributed by atoms with Crippen LogP contribution in [0.3, 0.4) is 0 Å². The monoisotopic (exact) mass is 714 g/mol. The topological polar surface area (TPSA) is 152 Å². The fourth-order valence-electron chi connectivity index (χ4n) is 3.84. The molecule has 14 heteroatoms. The van der Waals surface area contributed by atoms with Crippen molar-refractivity contribution in [3.05, 3.63) is 58.3 Å². The molecule has 1 aromatic rings. The predicted octanol–water partition coefficient (Wildman–Crippen LogP) is 6.72. The average Bonchev–Trinajstić information content (AvgIpc) is 3.51. The maximum Gasteiger partial charge on any atom is 0.330 e. The lowest BCUT2D eigenvalue weighted by atomic mass is 9.96. The van der Waals surface area contributed by atoms with Crippen molar-refractivity contribution < 1.29 is 47.6 Å². The Labute approximate surface area is 296 Å². The van der Waals surface area contributed by atoms with E-state index >= 15 is 0 Å². The fourth-order valence-corrected chi connectivity index (χ4v) is 6.41. The molecule has 0 fully saturated rings. The zero-order valence-electron chi connectivity index (χ0n) is 28.5. The van der Waals surface area contributed by atoms with E-state index in [0.717, 1.165) is 17.7 Å². The number of carbonyl (C=O) groups is 4. The number of fused-ring (bicyclic) bond motifs is 1. The van der Waals surface area contributed by atoms with Gasteiger partial charge in [0.1, 0.15) is 11.5 Å². The van der Waals surface area contributed by atoms with Crippen LogP contribution in [0.25, 0.3) is 4.85 Å². The van der Waals surface area contributed by atoms with Crippen LogP contribution in [0.4, 0.5) is 0 Å². The smallest absolute Gasteiger partial charge is 0.330 e. The largest absolute Gasteiger partial charge is 0.492 e. The van der Waals surface area contributed by atoms with Crippen molar-refractivity contribution in [2.75, 3.05) is 39.6 Å². The highest BCUT2D eigenvalue weighted by atomic mass is 32.2. The molecule has 49 heavy (non-hydrogen) atoms. The van der Waals surface area contributed by atoms with Crippen LogP contribution >= 0.6 is 23.5 Å². The zero-order chi connectivity index (χ0) is 36.6.